The molecule has 0 aliphatic heterocycles. The van der Waals surface area contributed by atoms with Crippen LogP contribution in [0.15, 0.2) is 0 Å². The molecule has 0 saturated heterocycles. The summed E-state index contributed by atoms with van der Waals surface area (Å²) in [6, 6.07) is -0.0163. The first-order valence-electron chi connectivity index (χ1n) is 6.37. The van der Waals surface area contributed by atoms with Crippen LogP contribution in [0.25, 0.3) is 0 Å². The highest BCUT2D eigenvalue weighted by Gasteiger charge is 2.10. The number of carbonyl (C=O) groups is 2. The van der Waals surface area contributed by atoms with Gasteiger partial charge in [-0.1, -0.05) is 27.7 Å². The Hall–Kier alpha value is -1.06. The van der Waals surface area contributed by atoms with Gasteiger partial charge in [-0.05, 0) is 18.8 Å². The Morgan fingerprint density at radius 2 is 1.35 bits per heavy atom. The summed E-state index contributed by atoms with van der Waals surface area (Å²) in [5.74, 6) is 0.814. The quantitative estimate of drug-likeness (QED) is 0.714. The normalized spacial score (nSPS) is 12.6. The molecule has 4 heteroatoms. The Morgan fingerprint density at radius 1 is 0.882 bits per heavy atom. The van der Waals surface area contributed by atoms with E-state index in [1.165, 1.54) is 0 Å². The van der Waals surface area contributed by atoms with Crippen LogP contribution in [-0.2, 0) is 9.59 Å². The number of amides is 2. The minimum absolute atomic E-state index is 0.0163. The zero-order valence-corrected chi connectivity index (χ0v) is 11.7. The maximum atomic E-state index is 11.5. The van der Waals surface area contributed by atoms with Crippen molar-refractivity contribution in [2.45, 2.75) is 53.5 Å². The van der Waals surface area contributed by atoms with Gasteiger partial charge in [-0.25, -0.2) is 0 Å². The first-order chi connectivity index (χ1) is 7.81. The lowest BCUT2D eigenvalue weighted by Crippen LogP contribution is -2.42. The van der Waals surface area contributed by atoms with Gasteiger partial charge in [-0.15, -0.1) is 0 Å². The molecule has 17 heavy (non-hydrogen) atoms. The molecule has 0 fully saturated rings. The largest absolute Gasteiger partial charge is 0.354 e. The van der Waals surface area contributed by atoms with Crippen LogP contribution in [0, 0.1) is 11.8 Å². The maximum Gasteiger partial charge on any atom is 0.220 e. The summed E-state index contributed by atoms with van der Waals surface area (Å²) >= 11 is 0. The van der Waals surface area contributed by atoms with Crippen molar-refractivity contribution in [2.75, 3.05) is 6.54 Å². The van der Waals surface area contributed by atoms with Crippen molar-refractivity contribution in [3.63, 3.8) is 0 Å². The van der Waals surface area contributed by atoms with Gasteiger partial charge in [0.1, 0.15) is 0 Å². The van der Waals surface area contributed by atoms with E-state index in [0.717, 1.165) is 0 Å². The summed E-state index contributed by atoms with van der Waals surface area (Å²) in [5, 5.41) is 5.69. The van der Waals surface area contributed by atoms with Crippen LogP contribution in [-0.4, -0.2) is 24.4 Å². The van der Waals surface area contributed by atoms with Crippen LogP contribution in [0.1, 0.15) is 47.5 Å². The molecule has 2 amide bonds. The van der Waals surface area contributed by atoms with Crippen molar-refractivity contribution in [3.05, 3.63) is 0 Å². The van der Waals surface area contributed by atoms with E-state index in [2.05, 4.69) is 10.6 Å². The first-order valence-corrected chi connectivity index (χ1v) is 6.37. The summed E-state index contributed by atoms with van der Waals surface area (Å²) < 4.78 is 0. The summed E-state index contributed by atoms with van der Waals surface area (Å²) in [7, 11) is 0. The van der Waals surface area contributed by atoms with Crippen LogP contribution >= 0.6 is 0 Å². The van der Waals surface area contributed by atoms with Gasteiger partial charge in [0, 0.05) is 25.4 Å². The lowest BCUT2D eigenvalue weighted by molar-refractivity contribution is -0.124. The maximum absolute atomic E-state index is 11.5. The molecular formula is C13H26N2O2. The fourth-order valence-electron chi connectivity index (χ4n) is 1.47. The summed E-state index contributed by atoms with van der Waals surface area (Å²) in [4.78, 5) is 22.9. The molecule has 0 rings (SSSR count). The Labute approximate surface area is 105 Å². The number of rotatable bonds is 7. The van der Waals surface area contributed by atoms with Crippen molar-refractivity contribution in [1.29, 1.82) is 0 Å². The van der Waals surface area contributed by atoms with Crippen LogP contribution < -0.4 is 10.6 Å². The van der Waals surface area contributed by atoms with Crippen LogP contribution in [0.5, 0.6) is 0 Å². The molecule has 0 aromatic heterocycles. The molecule has 4 nitrogen and oxygen atoms in total. The number of hydrogen-bond acceptors (Lipinski definition) is 2. The molecule has 2 N–H and O–H groups in total. The average molecular weight is 242 g/mol. The van der Waals surface area contributed by atoms with Crippen molar-refractivity contribution >= 4 is 11.8 Å². The fraction of sp³-hybridized carbons (Fsp3) is 0.846. The molecule has 0 aliphatic carbocycles. The highest BCUT2D eigenvalue weighted by Crippen LogP contribution is 1.99. The minimum Gasteiger partial charge on any atom is -0.354 e. The van der Waals surface area contributed by atoms with Gasteiger partial charge in [0.2, 0.25) is 11.8 Å². The molecule has 0 heterocycles. The van der Waals surface area contributed by atoms with E-state index < -0.39 is 0 Å². The summed E-state index contributed by atoms with van der Waals surface area (Å²) in [5.41, 5.74) is 0. The molecule has 0 spiro atoms. The van der Waals surface area contributed by atoms with Gasteiger partial charge in [0.15, 0.2) is 0 Å². The SMILES string of the molecule is CC(C)CC(=O)NC[C@@H](C)NC(=O)CC(C)C. The van der Waals surface area contributed by atoms with E-state index >= 15 is 0 Å². The second-order valence-electron chi connectivity index (χ2n) is 5.47. The molecule has 0 aromatic rings. The molecule has 0 bridgehead atoms. The third-order valence-electron chi connectivity index (χ3n) is 2.20. The molecule has 0 aliphatic rings. The predicted octanol–water partition coefficient (Wildman–Crippen LogP) is 1.70. The van der Waals surface area contributed by atoms with E-state index in [9.17, 15) is 9.59 Å². The third kappa shape index (κ3) is 9.85. The van der Waals surface area contributed by atoms with Crippen molar-refractivity contribution in [1.82, 2.24) is 10.6 Å². The Bertz CT molecular complexity index is 250. The van der Waals surface area contributed by atoms with E-state index in [4.69, 9.17) is 0 Å². The number of hydrogen-bond donors (Lipinski definition) is 2. The molecule has 0 aromatic carbocycles. The van der Waals surface area contributed by atoms with Crippen LogP contribution in [0.3, 0.4) is 0 Å². The smallest absolute Gasteiger partial charge is 0.220 e. The zero-order chi connectivity index (χ0) is 13.4. The van der Waals surface area contributed by atoms with Crippen LogP contribution in [0.2, 0.25) is 0 Å². The van der Waals surface area contributed by atoms with Crippen molar-refractivity contribution in [2.24, 2.45) is 11.8 Å². The van der Waals surface area contributed by atoms with Gasteiger partial charge in [0.05, 0.1) is 0 Å². The van der Waals surface area contributed by atoms with Gasteiger partial charge >= 0.3 is 0 Å². The van der Waals surface area contributed by atoms with E-state index in [1.54, 1.807) is 0 Å². The standard InChI is InChI=1S/C13H26N2O2/c1-9(2)6-12(16)14-8-11(5)15-13(17)7-10(3)4/h9-11H,6-8H2,1-5H3,(H,14,16)(H,15,17)/t11-/m1/s1. The predicted molar refractivity (Wildman–Crippen MR) is 69.5 cm³/mol. The minimum atomic E-state index is -0.0163. The van der Waals surface area contributed by atoms with E-state index in [0.29, 0.717) is 31.2 Å². The monoisotopic (exact) mass is 242 g/mol. The highest BCUT2D eigenvalue weighted by molar-refractivity contribution is 5.77. The number of carbonyl (C=O) groups excluding carboxylic acids is 2. The van der Waals surface area contributed by atoms with Gasteiger partial charge in [-0.3, -0.25) is 9.59 Å². The lowest BCUT2D eigenvalue weighted by atomic mass is 10.1. The second-order valence-corrected chi connectivity index (χ2v) is 5.47. The van der Waals surface area contributed by atoms with Crippen molar-refractivity contribution in [3.8, 4) is 0 Å². The van der Waals surface area contributed by atoms with E-state index in [-0.39, 0.29) is 17.9 Å². The molecule has 0 radical (unpaired) electrons. The summed E-state index contributed by atoms with van der Waals surface area (Å²) in [6.45, 7) is 10.4. The zero-order valence-electron chi connectivity index (χ0n) is 11.7. The Morgan fingerprint density at radius 3 is 1.82 bits per heavy atom. The molecular weight excluding hydrogens is 216 g/mol. The highest BCUT2D eigenvalue weighted by atomic mass is 16.2. The Balaban J connectivity index is 3.75. The van der Waals surface area contributed by atoms with Gasteiger partial charge in [0.25, 0.3) is 0 Å². The lowest BCUT2D eigenvalue weighted by Gasteiger charge is -2.16. The van der Waals surface area contributed by atoms with Gasteiger partial charge in [-0.2, -0.15) is 0 Å². The average Bonchev–Trinajstić information content (AvgIpc) is 2.12. The van der Waals surface area contributed by atoms with E-state index in [1.807, 2.05) is 34.6 Å². The molecule has 1 atom stereocenters. The first kappa shape index (κ1) is 15.9. The topological polar surface area (TPSA) is 58.2 Å². The fourth-order valence-corrected chi connectivity index (χ4v) is 1.47. The van der Waals surface area contributed by atoms with Crippen LogP contribution in [0.4, 0.5) is 0 Å². The van der Waals surface area contributed by atoms with Gasteiger partial charge < -0.3 is 10.6 Å². The van der Waals surface area contributed by atoms with Crippen molar-refractivity contribution < 1.29 is 9.59 Å². The molecule has 0 unspecified atom stereocenters. The second kappa shape index (κ2) is 8.09. The Kier molecular flexibility index (Phi) is 7.59. The summed E-state index contributed by atoms with van der Waals surface area (Å²) in [6.07, 6.45) is 1.07. The molecule has 100 valence electrons. The molecule has 0 saturated carbocycles. The number of nitrogens with one attached hydrogen (secondary N) is 2. The third-order valence-corrected chi connectivity index (χ3v) is 2.20.